The van der Waals surface area contributed by atoms with E-state index >= 15 is 0 Å². The molecular formula is C26H25N5O2. The molecule has 2 aliphatic rings. The van der Waals surface area contributed by atoms with Gasteiger partial charge < -0.3 is 15.6 Å². The molecule has 3 N–H and O–H groups in total. The van der Waals surface area contributed by atoms with Crippen LogP contribution in [0.2, 0.25) is 0 Å². The number of fused-ring (bicyclic) bond motifs is 3. The summed E-state index contributed by atoms with van der Waals surface area (Å²) >= 11 is 0. The SMILES string of the molecule is CCC1(O)CC(N)(c2ccc(-c3nc4c(nc3-c3ccccc3)OCn3ccnc3-4)cc2)C1. The second-order valence-corrected chi connectivity index (χ2v) is 9.10. The lowest BCUT2D eigenvalue weighted by Crippen LogP contribution is -2.59. The molecule has 1 aliphatic carbocycles. The van der Waals surface area contributed by atoms with Gasteiger partial charge in [0, 0.05) is 29.1 Å². The number of hydrogen-bond acceptors (Lipinski definition) is 6. The van der Waals surface area contributed by atoms with Crippen LogP contribution >= 0.6 is 0 Å². The normalized spacial score (nSPS) is 23.2. The minimum atomic E-state index is -0.653. The number of hydrogen-bond donors (Lipinski definition) is 2. The number of aromatic nitrogens is 4. The predicted octanol–water partition coefficient (Wildman–Crippen LogP) is 4.11. The van der Waals surface area contributed by atoms with Crippen LogP contribution < -0.4 is 10.5 Å². The molecule has 0 radical (unpaired) electrons. The van der Waals surface area contributed by atoms with Crippen molar-refractivity contribution in [2.45, 2.75) is 44.1 Å². The number of rotatable bonds is 4. The smallest absolute Gasteiger partial charge is 0.246 e. The third-order valence-corrected chi connectivity index (χ3v) is 6.86. The Balaban J connectivity index is 1.45. The lowest BCUT2D eigenvalue weighted by molar-refractivity contribution is -0.0916. The van der Waals surface area contributed by atoms with E-state index in [9.17, 15) is 5.11 Å². The van der Waals surface area contributed by atoms with Crippen LogP contribution in [-0.4, -0.2) is 30.2 Å². The van der Waals surface area contributed by atoms with E-state index in [1.54, 1.807) is 6.20 Å². The Morgan fingerprint density at radius 2 is 1.67 bits per heavy atom. The summed E-state index contributed by atoms with van der Waals surface area (Å²) in [5.74, 6) is 1.23. The Morgan fingerprint density at radius 3 is 2.39 bits per heavy atom. The van der Waals surface area contributed by atoms with E-state index < -0.39 is 11.1 Å². The molecule has 4 aromatic rings. The monoisotopic (exact) mass is 439 g/mol. The molecule has 2 aromatic carbocycles. The largest absolute Gasteiger partial charge is 0.454 e. The fraction of sp³-hybridized carbons (Fsp3) is 0.269. The van der Waals surface area contributed by atoms with Gasteiger partial charge in [-0.3, -0.25) is 4.57 Å². The maximum atomic E-state index is 10.5. The standard InChI is InChI=1S/C26H25N5O2/c1-2-25(32)14-26(27,15-25)19-10-8-18(9-11-19)20-21(17-6-4-3-5-7-17)30-24-22(29-20)23-28-12-13-31(23)16-33-24/h3-13,32H,2,14-16,27H2,1H3. The molecular weight excluding hydrogens is 414 g/mol. The van der Waals surface area contributed by atoms with E-state index in [2.05, 4.69) is 4.98 Å². The van der Waals surface area contributed by atoms with E-state index in [-0.39, 0.29) is 0 Å². The van der Waals surface area contributed by atoms with Gasteiger partial charge in [-0.05, 0) is 24.8 Å². The summed E-state index contributed by atoms with van der Waals surface area (Å²) in [6.45, 7) is 2.36. The van der Waals surface area contributed by atoms with E-state index in [4.69, 9.17) is 20.4 Å². The molecule has 0 amide bonds. The fourth-order valence-corrected chi connectivity index (χ4v) is 4.96. The molecule has 0 saturated heterocycles. The van der Waals surface area contributed by atoms with Crippen LogP contribution in [0.4, 0.5) is 0 Å². The highest BCUT2D eigenvalue weighted by Crippen LogP contribution is 2.48. The second-order valence-electron chi connectivity index (χ2n) is 9.10. The lowest BCUT2D eigenvalue weighted by Gasteiger charge is -2.51. The lowest BCUT2D eigenvalue weighted by atomic mass is 9.61. The Labute approximate surface area is 191 Å². The zero-order valence-corrected chi connectivity index (χ0v) is 18.4. The Morgan fingerprint density at radius 1 is 0.970 bits per heavy atom. The van der Waals surface area contributed by atoms with Gasteiger partial charge in [-0.15, -0.1) is 0 Å². The molecule has 7 heteroatoms. The minimum absolute atomic E-state index is 0.363. The van der Waals surface area contributed by atoms with Crippen molar-refractivity contribution in [3.63, 3.8) is 0 Å². The van der Waals surface area contributed by atoms with Gasteiger partial charge in [-0.2, -0.15) is 0 Å². The summed E-state index contributed by atoms with van der Waals surface area (Å²) in [5.41, 5.74) is 10.5. The first kappa shape index (κ1) is 20.1. The highest BCUT2D eigenvalue weighted by atomic mass is 16.5. The number of nitrogens with zero attached hydrogens (tertiary/aromatic N) is 4. The Hall–Kier alpha value is -3.55. The summed E-state index contributed by atoms with van der Waals surface area (Å²) in [5, 5.41) is 10.5. The predicted molar refractivity (Wildman–Crippen MR) is 125 cm³/mol. The van der Waals surface area contributed by atoms with Crippen LogP contribution in [0.5, 0.6) is 5.88 Å². The van der Waals surface area contributed by atoms with Crippen molar-refractivity contribution < 1.29 is 9.84 Å². The van der Waals surface area contributed by atoms with E-state index in [0.717, 1.165) is 33.9 Å². The van der Waals surface area contributed by atoms with Gasteiger partial charge >= 0.3 is 0 Å². The molecule has 0 spiro atoms. The molecule has 1 saturated carbocycles. The van der Waals surface area contributed by atoms with Crippen molar-refractivity contribution in [3.05, 3.63) is 72.6 Å². The van der Waals surface area contributed by atoms with Crippen molar-refractivity contribution in [2.75, 3.05) is 0 Å². The molecule has 166 valence electrons. The van der Waals surface area contributed by atoms with Crippen molar-refractivity contribution >= 4 is 0 Å². The third-order valence-electron chi connectivity index (χ3n) is 6.86. The van der Waals surface area contributed by atoms with Crippen LogP contribution in [0.1, 0.15) is 31.7 Å². The molecule has 0 unspecified atom stereocenters. The summed E-state index contributed by atoms with van der Waals surface area (Å²) in [4.78, 5) is 14.3. The van der Waals surface area contributed by atoms with Crippen LogP contribution in [0, 0.1) is 0 Å². The van der Waals surface area contributed by atoms with Gasteiger partial charge in [-0.25, -0.2) is 15.0 Å². The van der Waals surface area contributed by atoms with Crippen molar-refractivity contribution in [3.8, 4) is 39.9 Å². The maximum Gasteiger partial charge on any atom is 0.246 e. The minimum Gasteiger partial charge on any atom is -0.454 e. The van der Waals surface area contributed by atoms with Crippen LogP contribution in [0.25, 0.3) is 34.0 Å². The number of imidazole rings is 1. The summed E-state index contributed by atoms with van der Waals surface area (Å²) in [6.07, 6.45) is 5.47. The first-order chi connectivity index (χ1) is 16.0. The highest BCUT2D eigenvalue weighted by Gasteiger charge is 2.51. The average molecular weight is 440 g/mol. The zero-order chi connectivity index (χ0) is 22.6. The zero-order valence-electron chi connectivity index (χ0n) is 18.4. The van der Waals surface area contributed by atoms with Gasteiger partial charge in [0.1, 0.15) is 5.69 Å². The maximum absolute atomic E-state index is 10.5. The topological polar surface area (TPSA) is 99.1 Å². The number of nitrogens with two attached hydrogens (primary N) is 1. The molecule has 3 heterocycles. The van der Waals surface area contributed by atoms with Gasteiger partial charge in [-0.1, -0.05) is 61.5 Å². The van der Waals surface area contributed by atoms with Gasteiger partial charge in [0.2, 0.25) is 5.88 Å². The molecule has 2 aromatic heterocycles. The molecule has 6 rings (SSSR count). The van der Waals surface area contributed by atoms with Crippen LogP contribution in [0.15, 0.2) is 67.0 Å². The molecule has 33 heavy (non-hydrogen) atoms. The van der Waals surface area contributed by atoms with Crippen molar-refractivity contribution in [2.24, 2.45) is 5.73 Å². The Kier molecular flexibility index (Phi) is 4.40. The molecule has 1 fully saturated rings. The highest BCUT2D eigenvalue weighted by molar-refractivity contribution is 5.81. The quantitative estimate of drug-likeness (QED) is 0.496. The van der Waals surface area contributed by atoms with E-state index in [1.807, 2.05) is 72.3 Å². The third kappa shape index (κ3) is 3.23. The van der Waals surface area contributed by atoms with Crippen molar-refractivity contribution in [1.82, 2.24) is 19.5 Å². The fourth-order valence-electron chi connectivity index (χ4n) is 4.96. The molecule has 7 nitrogen and oxygen atoms in total. The molecule has 0 atom stereocenters. The summed E-state index contributed by atoms with van der Waals surface area (Å²) < 4.78 is 7.80. The van der Waals surface area contributed by atoms with Crippen molar-refractivity contribution in [1.29, 1.82) is 0 Å². The number of ether oxygens (including phenoxy) is 1. The second kappa shape index (κ2) is 7.23. The average Bonchev–Trinajstić information content (AvgIpc) is 3.32. The van der Waals surface area contributed by atoms with Crippen LogP contribution in [-0.2, 0) is 12.3 Å². The summed E-state index contributed by atoms with van der Waals surface area (Å²) in [6, 6.07) is 18.1. The molecule has 1 aliphatic heterocycles. The van der Waals surface area contributed by atoms with Crippen LogP contribution in [0.3, 0.4) is 0 Å². The number of benzene rings is 2. The van der Waals surface area contributed by atoms with Gasteiger partial charge in [0.15, 0.2) is 18.2 Å². The Bertz CT molecular complexity index is 1320. The first-order valence-corrected chi connectivity index (χ1v) is 11.2. The number of aliphatic hydroxyl groups is 1. The van der Waals surface area contributed by atoms with E-state index in [0.29, 0.717) is 37.6 Å². The van der Waals surface area contributed by atoms with E-state index in [1.165, 1.54) is 0 Å². The van der Waals surface area contributed by atoms with Gasteiger partial charge in [0.05, 0.1) is 11.3 Å². The summed E-state index contributed by atoms with van der Waals surface area (Å²) in [7, 11) is 0. The molecule has 0 bridgehead atoms. The first-order valence-electron chi connectivity index (χ1n) is 11.2. The van der Waals surface area contributed by atoms with Gasteiger partial charge in [0.25, 0.3) is 0 Å².